The van der Waals surface area contributed by atoms with Crippen LogP contribution in [0.2, 0.25) is 0 Å². The van der Waals surface area contributed by atoms with E-state index < -0.39 is 24.9 Å². The van der Waals surface area contributed by atoms with Crippen LogP contribution in [0.5, 0.6) is 0 Å². The number of ether oxygens (including phenoxy) is 1. The van der Waals surface area contributed by atoms with E-state index in [0.29, 0.717) is 49.2 Å². The molecular weight excluding hydrogens is 575 g/mol. The van der Waals surface area contributed by atoms with Crippen molar-refractivity contribution in [3.63, 3.8) is 0 Å². The van der Waals surface area contributed by atoms with E-state index >= 15 is 0 Å². The predicted molar refractivity (Wildman–Crippen MR) is 158 cm³/mol. The Kier molecular flexibility index (Phi) is 8.59. The summed E-state index contributed by atoms with van der Waals surface area (Å²) < 4.78 is 45.3. The SMILES string of the molecule is O=C(NCC1COC2(CCNCC2)C1)c1ccc(Nc2nc3c(C4=CCN(C(=O)CCC(F)(F)F)CC4)cccn3n2)cc1. The maximum Gasteiger partial charge on any atom is 0.389 e. The number of carbonyl (C=O) groups is 2. The van der Waals surface area contributed by atoms with E-state index in [4.69, 9.17) is 4.74 Å². The normalized spacial score (nSPS) is 20.1. The van der Waals surface area contributed by atoms with Crippen molar-refractivity contribution in [1.29, 1.82) is 0 Å². The summed E-state index contributed by atoms with van der Waals surface area (Å²) in [6, 6.07) is 10.9. The number of amides is 2. The summed E-state index contributed by atoms with van der Waals surface area (Å²) >= 11 is 0. The highest BCUT2D eigenvalue weighted by atomic mass is 19.4. The molecule has 234 valence electrons. The molecule has 3 aliphatic rings. The zero-order valence-corrected chi connectivity index (χ0v) is 24.3. The number of piperidine rings is 1. The Bertz CT molecular complexity index is 1530. The number of fused-ring (bicyclic) bond motifs is 1. The average molecular weight is 612 g/mol. The standard InChI is InChI=1S/C31H36F3N7O3/c32-31(33,34)10-7-26(42)40-16-8-22(9-17-40)25-2-1-15-41-27(25)38-29(39-41)37-24-5-3-23(4-6-24)28(43)36-19-21-18-30(44-20-21)11-13-35-14-12-30/h1-6,8,15,21,35H,7,9-14,16-20H2,(H,36,43)(H,37,39). The molecule has 2 amide bonds. The second-order valence-corrected chi connectivity index (χ2v) is 11.8. The van der Waals surface area contributed by atoms with Crippen LogP contribution in [0.15, 0.2) is 48.7 Å². The molecule has 10 nitrogen and oxygen atoms in total. The lowest BCUT2D eigenvalue weighted by Crippen LogP contribution is -2.41. The molecule has 0 radical (unpaired) electrons. The lowest BCUT2D eigenvalue weighted by Gasteiger charge is -2.33. The molecule has 44 heavy (non-hydrogen) atoms. The fraction of sp³-hybridized carbons (Fsp3) is 0.484. The maximum absolute atomic E-state index is 12.8. The first-order chi connectivity index (χ1) is 21.2. The van der Waals surface area contributed by atoms with Crippen molar-refractivity contribution in [2.45, 2.75) is 50.3 Å². The molecule has 2 aromatic heterocycles. The van der Waals surface area contributed by atoms with E-state index in [2.05, 4.69) is 26.0 Å². The molecule has 0 aliphatic carbocycles. The Labute approximate surface area is 253 Å². The summed E-state index contributed by atoms with van der Waals surface area (Å²) in [5.41, 5.74) is 3.68. The van der Waals surface area contributed by atoms with E-state index in [9.17, 15) is 22.8 Å². The summed E-state index contributed by atoms with van der Waals surface area (Å²) in [7, 11) is 0. The van der Waals surface area contributed by atoms with Gasteiger partial charge in [-0.25, -0.2) is 4.52 Å². The topological polar surface area (TPSA) is 113 Å². The molecule has 2 fully saturated rings. The minimum absolute atomic E-state index is 0.0298. The van der Waals surface area contributed by atoms with Gasteiger partial charge in [-0.3, -0.25) is 9.59 Å². The molecule has 3 aromatic rings. The van der Waals surface area contributed by atoms with Crippen LogP contribution in [0.25, 0.3) is 11.2 Å². The highest BCUT2D eigenvalue weighted by molar-refractivity contribution is 5.94. The summed E-state index contributed by atoms with van der Waals surface area (Å²) in [6.07, 6.45) is 1.16. The first kappa shape index (κ1) is 30.1. The van der Waals surface area contributed by atoms with E-state index in [1.165, 1.54) is 4.90 Å². The highest BCUT2D eigenvalue weighted by Crippen LogP contribution is 2.36. The predicted octanol–water partition coefficient (Wildman–Crippen LogP) is 4.32. The smallest absolute Gasteiger partial charge is 0.375 e. The Morgan fingerprint density at radius 2 is 1.93 bits per heavy atom. The van der Waals surface area contributed by atoms with Gasteiger partial charge in [0.1, 0.15) is 0 Å². The number of benzene rings is 1. The fourth-order valence-corrected chi connectivity index (χ4v) is 6.23. The van der Waals surface area contributed by atoms with E-state index in [1.54, 1.807) is 35.0 Å². The molecule has 3 N–H and O–H groups in total. The van der Waals surface area contributed by atoms with Gasteiger partial charge in [0, 0.05) is 55.0 Å². The van der Waals surface area contributed by atoms with Crippen LogP contribution in [-0.2, 0) is 9.53 Å². The van der Waals surface area contributed by atoms with Crippen LogP contribution in [-0.4, -0.2) is 82.4 Å². The highest BCUT2D eigenvalue weighted by Gasteiger charge is 2.41. The molecular formula is C31H36F3N7O3. The van der Waals surface area contributed by atoms with E-state index in [0.717, 1.165) is 49.2 Å². The van der Waals surface area contributed by atoms with Gasteiger partial charge in [-0.15, -0.1) is 5.10 Å². The fourth-order valence-electron chi connectivity index (χ4n) is 6.23. The molecule has 1 unspecified atom stereocenters. The number of rotatable bonds is 8. The second-order valence-electron chi connectivity index (χ2n) is 11.8. The largest absolute Gasteiger partial charge is 0.389 e. The minimum atomic E-state index is -4.35. The second kappa shape index (κ2) is 12.6. The third-order valence-corrected chi connectivity index (χ3v) is 8.65. The molecule has 2 saturated heterocycles. The van der Waals surface area contributed by atoms with Crippen molar-refractivity contribution in [3.05, 3.63) is 59.8 Å². The zero-order chi connectivity index (χ0) is 30.7. The molecule has 1 atom stereocenters. The summed E-state index contributed by atoms with van der Waals surface area (Å²) in [6.45, 7) is 3.81. The third kappa shape index (κ3) is 7.05. The number of aromatic nitrogens is 3. The lowest BCUT2D eigenvalue weighted by molar-refractivity contribution is -0.148. The van der Waals surface area contributed by atoms with Crippen molar-refractivity contribution in [1.82, 2.24) is 30.1 Å². The van der Waals surface area contributed by atoms with Crippen molar-refractivity contribution in [3.8, 4) is 0 Å². The number of hydrogen-bond acceptors (Lipinski definition) is 7. The zero-order valence-electron chi connectivity index (χ0n) is 24.3. The van der Waals surface area contributed by atoms with E-state index in [-0.39, 0.29) is 18.1 Å². The minimum Gasteiger partial charge on any atom is -0.375 e. The van der Waals surface area contributed by atoms with Gasteiger partial charge in [0.2, 0.25) is 11.9 Å². The van der Waals surface area contributed by atoms with Gasteiger partial charge in [0.15, 0.2) is 5.65 Å². The number of halogens is 3. The van der Waals surface area contributed by atoms with Gasteiger partial charge >= 0.3 is 6.18 Å². The van der Waals surface area contributed by atoms with Gasteiger partial charge in [0.05, 0.1) is 18.6 Å². The summed E-state index contributed by atoms with van der Waals surface area (Å²) in [4.78, 5) is 31.1. The average Bonchev–Trinajstić information content (AvgIpc) is 3.62. The number of anilines is 2. The van der Waals surface area contributed by atoms with Gasteiger partial charge in [0.25, 0.3) is 5.91 Å². The van der Waals surface area contributed by atoms with Crippen LogP contribution in [0.1, 0.15) is 54.4 Å². The summed E-state index contributed by atoms with van der Waals surface area (Å²) in [5.74, 6) is 0.0723. The molecule has 0 bridgehead atoms. The summed E-state index contributed by atoms with van der Waals surface area (Å²) in [5, 5.41) is 14.1. The molecule has 5 heterocycles. The van der Waals surface area contributed by atoms with Gasteiger partial charge in [-0.05, 0) is 80.7 Å². The number of nitrogens with zero attached hydrogens (tertiary/aromatic N) is 4. The number of hydrogen-bond donors (Lipinski definition) is 3. The molecule has 6 rings (SSSR count). The number of alkyl halides is 3. The van der Waals surface area contributed by atoms with Crippen molar-refractivity contribution in [2.75, 3.05) is 44.6 Å². The first-order valence-electron chi connectivity index (χ1n) is 15.1. The van der Waals surface area contributed by atoms with Crippen molar-refractivity contribution in [2.24, 2.45) is 5.92 Å². The van der Waals surface area contributed by atoms with Crippen molar-refractivity contribution >= 4 is 34.7 Å². The van der Waals surface area contributed by atoms with Crippen LogP contribution >= 0.6 is 0 Å². The Morgan fingerprint density at radius 3 is 2.66 bits per heavy atom. The van der Waals surface area contributed by atoms with E-state index in [1.807, 2.05) is 18.2 Å². The van der Waals surface area contributed by atoms with Crippen LogP contribution in [0, 0.1) is 5.92 Å². The third-order valence-electron chi connectivity index (χ3n) is 8.65. The number of nitrogens with one attached hydrogen (secondary N) is 3. The first-order valence-corrected chi connectivity index (χ1v) is 15.1. The molecule has 1 aromatic carbocycles. The molecule has 3 aliphatic heterocycles. The van der Waals surface area contributed by atoms with Gasteiger partial charge < -0.3 is 25.6 Å². The monoisotopic (exact) mass is 611 g/mol. The van der Waals surface area contributed by atoms with Crippen LogP contribution < -0.4 is 16.0 Å². The molecule has 13 heteroatoms. The molecule has 0 saturated carbocycles. The molecule has 1 spiro atoms. The van der Waals surface area contributed by atoms with Crippen molar-refractivity contribution < 1.29 is 27.5 Å². The lowest BCUT2D eigenvalue weighted by atomic mass is 9.86. The number of pyridine rings is 1. The Morgan fingerprint density at radius 1 is 1.14 bits per heavy atom. The van der Waals surface area contributed by atoms with Crippen LogP contribution in [0.3, 0.4) is 0 Å². The number of carbonyl (C=O) groups excluding carboxylic acids is 2. The Hall–Kier alpha value is -3.97. The van der Waals surface area contributed by atoms with Crippen LogP contribution in [0.4, 0.5) is 24.8 Å². The van der Waals surface area contributed by atoms with Gasteiger partial charge in [-0.1, -0.05) is 6.08 Å². The quantitative estimate of drug-likeness (QED) is 0.348. The maximum atomic E-state index is 12.8. The van der Waals surface area contributed by atoms with Gasteiger partial charge in [-0.2, -0.15) is 18.2 Å². The Balaban J connectivity index is 1.04.